The molecule has 4 rings (SSSR count). The van der Waals surface area contributed by atoms with E-state index in [-0.39, 0.29) is 5.56 Å². The van der Waals surface area contributed by atoms with Gasteiger partial charge in [0.25, 0.3) is 0 Å². The summed E-state index contributed by atoms with van der Waals surface area (Å²) in [6.45, 7) is 3.78. The molecule has 8 heteroatoms. The van der Waals surface area contributed by atoms with Gasteiger partial charge in [0.2, 0.25) is 5.95 Å². The standard InChI is InChI=1S/C23H30N6O2/c1-2-3-12-25-23-26-13-19-20(16-6-8-17(9-7-16)22(30)31)28-29(21(19)27-23)14-15-4-10-18(24)11-5-15/h6-9,13,15,18H,2-5,10-12,14,24H2,1H3,(H,30,31)(H,25,26,27). The zero-order chi connectivity index (χ0) is 21.8. The first-order chi connectivity index (χ1) is 15.0. The van der Waals surface area contributed by atoms with Crippen molar-refractivity contribution in [3.05, 3.63) is 36.0 Å². The van der Waals surface area contributed by atoms with Gasteiger partial charge in [0.05, 0.1) is 10.9 Å². The predicted octanol–water partition coefficient (Wildman–Crippen LogP) is 3.92. The van der Waals surface area contributed by atoms with E-state index in [9.17, 15) is 9.90 Å². The van der Waals surface area contributed by atoms with Crippen LogP contribution in [0.15, 0.2) is 30.5 Å². The van der Waals surface area contributed by atoms with Crippen LogP contribution >= 0.6 is 0 Å². The topological polar surface area (TPSA) is 119 Å². The molecule has 164 valence electrons. The molecule has 8 nitrogen and oxygen atoms in total. The van der Waals surface area contributed by atoms with Crippen LogP contribution in [-0.2, 0) is 6.54 Å². The van der Waals surface area contributed by atoms with E-state index in [2.05, 4.69) is 17.2 Å². The molecule has 1 aromatic carbocycles. The van der Waals surface area contributed by atoms with E-state index in [1.165, 1.54) is 0 Å². The lowest BCUT2D eigenvalue weighted by molar-refractivity contribution is 0.0697. The Morgan fingerprint density at radius 3 is 2.65 bits per heavy atom. The van der Waals surface area contributed by atoms with E-state index in [0.29, 0.717) is 17.9 Å². The highest BCUT2D eigenvalue weighted by atomic mass is 16.4. The number of carboxylic acids is 1. The third kappa shape index (κ3) is 4.85. The summed E-state index contributed by atoms with van der Waals surface area (Å²) in [5.74, 6) is 0.195. The fourth-order valence-corrected chi connectivity index (χ4v) is 4.15. The number of carbonyl (C=O) groups is 1. The largest absolute Gasteiger partial charge is 0.478 e. The van der Waals surface area contributed by atoms with E-state index in [1.807, 2.05) is 10.9 Å². The number of hydrogen-bond acceptors (Lipinski definition) is 6. The maximum atomic E-state index is 11.2. The Labute approximate surface area is 181 Å². The Hall–Kier alpha value is -3.00. The zero-order valence-corrected chi connectivity index (χ0v) is 17.9. The van der Waals surface area contributed by atoms with Crippen molar-refractivity contribution in [2.24, 2.45) is 11.7 Å². The fourth-order valence-electron chi connectivity index (χ4n) is 4.15. The molecule has 1 aliphatic rings. The number of rotatable bonds is 8. The molecule has 3 aromatic rings. The molecule has 2 heterocycles. The van der Waals surface area contributed by atoms with Crippen LogP contribution in [0.5, 0.6) is 0 Å². The minimum absolute atomic E-state index is 0.254. The van der Waals surface area contributed by atoms with Crippen molar-refractivity contribution in [2.45, 2.75) is 58.0 Å². The molecule has 0 unspecified atom stereocenters. The van der Waals surface area contributed by atoms with Crippen molar-refractivity contribution in [1.82, 2.24) is 19.7 Å². The van der Waals surface area contributed by atoms with Crippen LogP contribution < -0.4 is 11.1 Å². The van der Waals surface area contributed by atoms with Gasteiger partial charge in [0.1, 0.15) is 5.69 Å². The van der Waals surface area contributed by atoms with Gasteiger partial charge in [-0.3, -0.25) is 0 Å². The maximum absolute atomic E-state index is 11.2. The first-order valence-electron chi connectivity index (χ1n) is 11.1. The number of unbranched alkanes of at least 4 members (excludes halogenated alkanes) is 1. The monoisotopic (exact) mass is 422 g/mol. The highest BCUT2D eigenvalue weighted by Gasteiger charge is 2.22. The molecular formula is C23H30N6O2. The second kappa shape index (κ2) is 9.43. The minimum Gasteiger partial charge on any atom is -0.478 e. The van der Waals surface area contributed by atoms with E-state index < -0.39 is 5.97 Å². The van der Waals surface area contributed by atoms with Gasteiger partial charge in [-0.05, 0) is 50.2 Å². The summed E-state index contributed by atoms with van der Waals surface area (Å²) in [4.78, 5) is 20.5. The molecule has 0 spiro atoms. The van der Waals surface area contributed by atoms with Crippen molar-refractivity contribution < 1.29 is 9.90 Å². The Kier molecular flexibility index (Phi) is 6.46. The van der Waals surface area contributed by atoms with Gasteiger partial charge < -0.3 is 16.2 Å². The quantitative estimate of drug-likeness (QED) is 0.471. The average molecular weight is 423 g/mol. The molecule has 0 saturated heterocycles. The van der Waals surface area contributed by atoms with E-state index in [1.54, 1.807) is 24.3 Å². The van der Waals surface area contributed by atoms with Crippen LogP contribution in [0.2, 0.25) is 0 Å². The first-order valence-corrected chi connectivity index (χ1v) is 11.1. The van der Waals surface area contributed by atoms with Gasteiger partial charge in [-0.2, -0.15) is 10.1 Å². The lowest BCUT2D eigenvalue weighted by Crippen LogP contribution is -2.28. The Balaban J connectivity index is 1.69. The predicted molar refractivity (Wildman–Crippen MR) is 121 cm³/mol. The van der Waals surface area contributed by atoms with E-state index >= 15 is 0 Å². The van der Waals surface area contributed by atoms with Gasteiger partial charge in [-0.25, -0.2) is 14.5 Å². The van der Waals surface area contributed by atoms with Gasteiger partial charge in [-0.15, -0.1) is 0 Å². The second-order valence-corrected chi connectivity index (χ2v) is 8.41. The fraction of sp³-hybridized carbons (Fsp3) is 0.478. The number of benzene rings is 1. The summed E-state index contributed by atoms with van der Waals surface area (Å²) in [7, 11) is 0. The van der Waals surface area contributed by atoms with E-state index in [0.717, 1.165) is 73.9 Å². The van der Waals surface area contributed by atoms with E-state index in [4.69, 9.17) is 15.8 Å². The summed E-state index contributed by atoms with van der Waals surface area (Å²) in [6, 6.07) is 7.11. The molecule has 0 bridgehead atoms. The van der Waals surface area contributed by atoms with Crippen LogP contribution in [0.3, 0.4) is 0 Å². The Morgan fingerprint density at radius 1 is 1.23 bits per heavy atom. The Bertz CT molecular complexity index is 1040. The van der Waals surface area contributed by atoms with Gasteiger partial charge >= 0.3 is 5.97 Å². The van der Waals surface area contributed by atoms with Crippen molar-refractivity contribution in [1.29, 1.82) is 0 Å². The minimum atomic E-state index is -0.941. The lowest BCUT2D eigenvalue weighted by atomic mass is 9.86. The number of aromatic nitrogens is 4. The van der Waals surface area contributed by atoms with Crippen molar-refractivity contribution in [3.63, 3.8) is 0 Å². The molecule has 1 fully saturated rings. The molecule has 0 aliphatic heterocycles. The maximum Gasteiger partial charge on any atom is 0.335 e. The number of fused-ring (bicyclic) bond motifs is 1. The molecule has 31 heavy (non-hydrogen) atoms. The van der Waals surface area contributed by atoms with Crippen LogP contribution in [0.25, 0.3) is 22.3 Å². The molecule has 1 saturated carbocycles. The average Bonchev–Trinajstić information content (AvgIpc) is 3.13. The summed E-state index contributed by atoms with van der Waals surface area (Å²) < 4.78 is 1.99. The zero-order valence-electron chi connectivity index (χ0n) is 17.9. The highest BCUT2D eigenvalue weighted by Crippen LogP contribution is 2.30. The summed E-state index contributed by atoms with van der Waals surface area (Å²) in [6.07, 6.45) is 8.27. The SMILES string of the molecule is CCCCNc1ncc2c(-c3ccc(C(=O)O)cc3)nn(CC3CCC(N)CC3)c2n1. The third-order valence-electron chi connectivity index (χ3n) is 6.03. The number of nitrogens with one attached hydrogen (secondary N) is 1. The van der Waals surface area contributed by atoms with Crippen molar-refractivity contribution in [2.75, 3.05) is 11.9 Å². The molecule has 0 radical (unpaired) electrons. The van der Waals surface area contributed by atoms with Crippen LogP contribution in [0, 0.1) is 5.92 Å². The third-order valence-corrected chi connectivity index (χ3v) is 6.03. The lowest BCUT2D eigenvalue weighted by Gasteiger charge is -2.25. The number of anilines is 1. The Morgan fingerprint density at radius 2 is 1.97 bits per heavy atom. The normalized spacial score (nSPS) is 18.9. The second-order valence-electron chi connectivity index (χ2n) is 8.41. The number of hydrogen-bond donors (Lipinski definition) is 3. The number of nitrogens with zero attached hydrogens (tertiary/aromatic N) is 4. The molecule has 4 N–H and O–H groups in total. The van der Waals surface area contributed by atoms with Crippen molar-refractivity contribution in [3.8, 4) is 11.3 Å². The van der Waals surface area contributed by atoms with Gasteiger partial charge in [0.15, 0.2) is 5.65 Å². The van der Waals surface area contributed by atoms with Crippen LogP contribution in [0.4, 0.5) is 5.95 Å². The van der Waals surface area contributed by atoms with Crippen LogP contribution in [-0.4, -0.2) is 43.4 Å². The summed E-state index contributed by atoms with van der Waals surface area (Å²) in [5, 5.41) is 18.2. The first kappa shape index (κ1) is 21.2. The summed E-state index contributed by atoms with van der Waals surface area (Å²) in [5.41, 5.74) is 8.77. The molecular weight excluding hydrogens is 392 g/mol. The number of aromatic carboxylic acids is 1. The van der Waals surface area contributed by atoms with Crippen molar-refractivity contribution >= 4 is 23.0 Å². The summed E-state index contributed by atoms with van der Waals surface area (Å²) >= 11 is 0. The molecule has 2 aromatic heterocycles. The number of nitrogens with two attached hydrogens (primary N) is 1. The molecule has 0 atom stereocenters. The highest BCUT2D eigenvalue weighted by molar-refractivity contribution is 5.93. The van der Waals surface area contributed by atoms with Gasteiger partial charge in [-0.1, -0.05) is 25.5 Å². The smallest absolute Gasteiger partial charge is 0.335 e. The van der Waals surface area contributed by atoms with Crippen LogP contribution in [0.1, 0.15) is 55.8 Å². The number of carboxylic acid groups (broad SMARTS) is 1. The molecule has 0 amide bonds. The van der Waals surface area contributed by atoms with Gasteiger partial charge in [0, 0.05) is 30.9 Å². The molecule has 1 aliphatic carbocycles.